The maximum atomic E-state index is 3.47. The predicted molar refractivity (Wildman–Crippen MR) is 73.4 cm³/mol. The summed E-state index contributed by atoms with van der Waals surface area (Å²) in [5, 5.41) is 3.47. The van der Waals surface area contributed by atoms with Gasteiger partial charge < -0.3 is 15.1 Å². The third-order valence-corrected chi connectivity index (χ3v) is 4.23. The van der Waals surface area contributed by atoms with E-state index in [2.05, 4.69) is 22.0 Å². The maximum Gasteiger partial charge on any atom is 0.0110 e. The van der Waals surface area contributed by atoms with Crippen LogP contribution >= 0.6 is 0 Å². The molecule has 100 valence electrons. The van der Waals surface area contributed by atoms with Crippen LogP contribution in [0.2, 0.25) is 0 Å². The quantitative estimate of drug-likeness (QED) is 0.782. The van der Waals surface area contributed by atoms with Gasteiger partial charge in [-0.3, -0.25) is 0 Å². The summed E-state index contributed by atoms with van der Waals surface area (Å²) in [6.45, 7) is 12.5. The first kappa shape index (κ1) is 13.3. The maximum absolute atomic E-state index is 3.47. The highest BCUT2D eigenvalue weighted by Gasteiger charge is 2.21. The Balaban J connectivity index is 1.61. The minimum Gasteiger partial charge on any atom is -0.315 e. The first-order valence-electron chi connectivity index (χ1n) is 7.54. The van der Waals surface area contributed by atoms with E-state index in [1.807, 2.05) is 0 Å². The van der Waals surface area contributed by atoms with Crippen molar-refractivity contribution in [2.75, 3.05) is 52.4 Å². The van der Waals surface area contributed by atoms with Gasteiger partial charge in [0, 0.05) is 32.7 Å². The van der Waals surface area contributed by atoms with Gasteiger partial charge in [0.15, 0.2) is 0 Å². The van der Waals surface area contributed by atoms with E-state index in [0.717, 1.165) is 5.92 Å². The normalized spacial score (nSPS) is 28.4. The van der Waals surface area contributed by atoms with Gasteiger partial charge in [-0.15, -0.1) is 0 Å². The summed E-state index contributed by atoms with van der Waals surface area (Å²) in [6.07, 6.45) is 5.55. The summed E-state index contributed by atoms with van der Waals surface area (Å²) in [5.41, 5.74) is 0. The highest BCUT2D eigenvalue weighted by molar-refractivity contribution is 4.76. The van der Waals surface area contributed by atoms with E-state index in [4.69, 9.17) is 0 Å². The molecular weight excluding hydrogens is 210 g/mol. The van der Waals surface area contributed by atoms with Crippen molar-refractivity contribution in [3.05, 3.63) is 0 Å². The number of nitrogens with one attached hydrogen (secondary N) is 1. The SMILES string of the molecule is CCCC1CCN(CCN2CCCNCC2)C1. The van der Waals surface area contributed by atoms with Gasteiger partial charge in [-0.05, 0) is 44.8 Å². The third kappa shape index (κ3) is 4.57. The van der Waals surface area contributed by atoms with Crippen LogP contribution < -0.4 is 5.32 Å². The second kappa shape index (κ2) is 7.34. The molecule has 2 heterocycles. The smallest absolute Gasteiger partial charge is 0.0110 e. The fourth-order valence-corrected chi connectivity index (χ4v) is 3.17. The van der Waals surface area contributed by atoms with E-state index in [9.17, 15) is 0 Å². The van der Waals surface area contributed by atoms with Gasteiger partial charge >= 0.3 is 0 Å². The molecule has 3 heteroatoms. The molecule has 2 fully saturated rings. The Morgan fingerprint density at radius 1 is 1.06 bits per heavy atom. The van der Waals surface area contributed by atoms with E-state index in [0.29, 0.717) is 0 Å². The highest BCUT2D eigenvalue weighted by Crippen LogP contribution is 2.20. The average Bonchev–Trinajstić information content (AvgIpc) is 2.63. The van der Waals surface area contributed by atoms with Crippen LogP contribution in [0.1, 0.15) is 32.6 Å². The molecule has 0 aromatic carbocycles. The first-order valence-corrected chi connectivity index (χ1v) is 7.54. The van der Waals surface area contributed by atoms with Crippen molar-refractivity contribution in [3.63, 3.8) is 0 Å². The van der Waals surface area contributed by atoms with Crippen LogP contribution in [-0.2, 0) is 0 Å². The second-order valence-corrected chi connectivity index (χ2v) is 5.69. The van der Waals surface area contributed by atoms with Gasteiger partial charge in [0.1, 0.15) is 0 Å². The largest absolute Gasteiger partial charge is 0.315 e. The molecule has 2 saturated heterocycles. The van der Waals surface area contributed by atoms with Gasteiger partial charge in [-0.25, -0.2) is 0 Å². The van der Waals surface area contributed by atoms with E-state index in [1.54, 1.807) is 0 Å². The fraction of sp³-hybridized carbons (Fsp3) is 1.00. The predicted octanol–water partition coefficient (Wildman–Crippen LogP) is 1.40. The molecule has 0 aromatic heterocycles. The zero-order valence-corrected chi connectivity index (χ0v) is 11.5. The summed E-state index contributed by atoms with van der Waals surface area (Å²) in [5.74, 6) is 0.991. The third-order valence-electron chi connectivity index (χ3n) is 4.23. The molecule has 17 heavy (non-hydrogen) atoms. The van der Waals surface area contributed by atoms with Crippen LogP contribution in [0.15, 0.2) is 0 Å². The minimum absolute atomic E-state index is 0.991. The van der Waals surface area contributed by atoms with Crippen molar-refractivity contribution in [2.24, 2.45) is 5.92 Å². The Bertz CT molecular complexity index is 200. The van der Waals surface area contributed by atoms with E-state index in [1.165, 1.54) is 78.0 Å². The number of likely N-dealkylation sites (tertiary alicyclic amines) is 1. The molecule has 1 atom stereocenters. The van der Waals surface area contributed by atoms with Crippen molar-refractivity contribution in [1.82, 2.24) is 15.1 Å². The summed E-state index contributed by atoms with van der Waals surface area (Å²) in [7, 11) is 0. The van der Waals surface area contributed by atoms with Gasteiger partial charge in [-0.1, -0.05) is 13.3 Å². The first-order chi connectivity index (χ1) is 8.38. The van der Waals surface area contributed by atoms with Crippen LogP contribution in [0.5, 0.6) is 0 Å². The molecule has 0 saturated carbocycles. The minimum atomic E-state index is 0.991. The van der Waals surface area contributed by atoms with Gasteiger partial charge in [-0.2, -0.15) is 0 Å². The van der Waals surface area contributed by atoms with Gasteiger partial charge in [0.05, 0.1) is 0 Å². The van der Waals surface area contributed by atoms with E-state index < -0.39 is 0 Å². The molecule has 0 aromatic rings. The monoisotopic (exact) mass is 239 g/mol. The van der Waals surface area contributed by atoms with Crippen molar-refractivity contribution < 1.29 is 0 Å². The summed E-state index contributed by atoms with van der Waals surface area (Å²) < 4.78 is 0. The number of hydrogen-bond acceptors (Lipinski definition) is 3. The van der Waals surface area contributed by atoms with Crippen LogP contribution in [0.25, 0.3) is 0 Å². The van der Waals surface area contributed by atoms with E-state index >= 15 is 0 Å². The van der Waals surface area contributed by atoms with Crippen molar-refractivity contribution in [2.45, 2.75) is 32.6 Å². The fourth-order valence-electron chi connectivity index (χ4n) is 3.17. The Hall–Kier alpha value is -0.120. The standard InChI is InChI=1S/C14H29N3/c1-2-4-14-5-9-17(13-14)12-11-16-8-3-6-15-7-10-16/h14-15H,2-13H2,1H3. The Morgan fingerprint density at radius 3 is 2.82 bits per heavy atom. The lowest BCUT2D eigenvalue weighted by molar-refractivity contribution is 0.230. The molecule has 3 nitrogen and oxygen atoms in total. The zero-order chi connectivity index (χ0) is 11.9. The summed E-state index contributed by atoms with van der Waals surface area (Å²) in [6, 6.07) is 0. The molecule has 0 amide bonds. The molecule has 2 aliphatic heterocycles. The molecule has 1 unspecified atom stereocenters. The van der Waals surface area contributed by atoms with Crippen LogP contribution in [0.3, 0.4) is 0 Å². The van der Waals surface area contributed by atoms with Crippen molar-refractivity contribution in [1.29, 1.82) is 0 Å². The van der Waals surface area contributed by atoms with Crippen LogP contribution in [-0.4, -0.2) is 62.2 Å². The number of nitrogens with zero attached hydrogens (tertiary/aromatic N) is 2. The Kier molecular flexibility index (Phi) is 5.75. The molecule has 0 spiro atoms. The average molecular weight is 239 g/mol. The van der Waals surface area contributed by atoms with Gasteiger partial charge in [0.25, 0.3) is 0 Å². The highest BCUT2D eigenvalue weighted by atomic mass is 15.2. The topological polar surface area (TPSA) is 18.5 Å². The van der Waals surface area contributed by atoms with Crippen LogP contribution in [0, 0.1) is 5.92 Å². The molecule has 0 radical (unpaired) electrons. The lowest BCUT2D eigenvalue weighted by Crippen LogP contribution is -2.36. The second-order valence-electron chi connectivity index (χ2n) is 5.69. The lowest BCUT2D eigenvalue weighted by atomic mass is 10.0. The summed E-state index contributed by atoms with van der Waals surface area (Å²) in [4.78, 5) is 5.31. The number of hydrogen-bond donors (Lipinski definition) is 1. The van der Waals surface area contributed by atoms with E-state index in [-0.39, 0.29) is 0 Å². The van der Waals surface area contributed by atoms with Gasteiger partial charge in [0.2, 0.25) is 0 Å². The molecule has 1 N–H and O–H groups in total. The Morgan fingerprint density at radius 2 is 1.94 bits per heavy atom. The zero-order valence-electron chi connectivity index (χ0n) is 11.5. The van der Waals surface area contributed by atoms with Crippen LogP contribution in [0.4, 0.5) is 0 Å². The molecule has 0 bridgehead atoms. The van der Waals surface area contributed by atoms with Crippen molar-refractivity contribution >= 4 is 0 Å². The molecule has 2 aliphatic rings. The number of rotatable bonds is 5. The Labute approximate surface area is 107 Å². The lowest BCUT2D eigenvalue weighted by Gasteiger charge is -2.23. The summed E-state index contributed by atoms with van der Waals surface area (Å²) >= 11 is 0. The molecule has 2 rings (SSSR count). The molecular formula is C14H29N3. The molecule has 0 aliphatic carbocycles. The van der Waals surface area contributed by atoms with Crippen molar-refractivity contribution in [3.8, 4) is 0 Å².